The van der Waals surface area contributed by atoms with Gasteiger partial charge in [-0.15, -0.1) is 0 Å². The molecule has 0 amide bonds. The third-order valence-corrected chi connectivity index (χ3v) is 7.42. The highest BCUT2D eigenvalue weighted by Crippen LogP contribution is 2.34. The van der Waals surface area contributed by atoms with Crippen LogP contribution in [0, 0.1) is 18.2 Å². The zero-order valence-corrected chi connectivity index (χ0v) is 22.5. The summed E-state index contributed by atoms with van der Waals surface area (Å²) in [4.78, 5) is 27.8. The molecule has 1 aliphatic heterocycles. The lowest BCUT2D eigenvalue weighted by Crippen LogP contribution is -2.44. The third-order valence-electron chi connectivity index (χ3n) is 7.42. The maximum atomic E-state index is 15.2. The average Bonchev–Trinajstić information content (AvgIpc) is 3.23. The fourth-order valence-electron chi connectivity index (χ4n) is 5.03. The number of halogens is 3. The predicted octanol–water partition coefficient (Wildman–Crippen LogP) is 5.60. The predicted molar refractivity (Wildman–Crippen MR) is 143 cm³/mol. The molecule has 0 saturated carbocycles. The molecule has 1 aromatic carbocycles. The number of rotatable bonds is 8. The summed E-state index contributed by atoms with van der Waals surface area (Å²) in [6.45, 7) is 4.12. The van der Waals surface area contributed by atoms with Gasteiger partial charge in [0.2, 0.25) is 5.95 Å². The number of anilines is 1. The van der Waals surface area contributed by atoms with Gasteiger partial charge in [-0.05, 0) is 39.7 Å². The minimum atomic E-state index is -2.94. The van der Waals surface area contributed by atoms with Crippen molar-refractivity contribution >= 4 is 17.6 Å². The summed E-state index contributed by atoms with van der Waals surface area (Å²) >= 11 is 0. The molecule has 0 unspecified atom stereocenters. The molecule has 8 nitrogen and oxygen atoms in total. The van der Waals surface area contributed by atoms with Gasteiger partial charge < -0.3 is 18.8 Å². The molecule has 0 aliphatic carbocycles. The van der Waals surface area contributed by atoms with E-state index in [9.17, 15) is 13.6 Å². The van der Waals surface area contributed by atoms with Crippen LogP contribution in [0.5, 0.6) is 5.75 Å². The van der Waals surface area contributed by atoms with Crippen molar-refractivity contribution in [1.29, 1.82) is 0 Å². The van der Waals surface area contributed by atoms with E-state index >= 15 is 4.39 Å². The van der Waals surface area contributed by atoms with Gasteiger partial charge in [0, 0.05) is 66.6 Å². The average molecular weight is 554 g/mol. The molecule has 0 N–H and O–H groups in total. The number of hydrogen-bond donors (Lipinski definition) is 0. The van der Waals surface area contributed by atoms with Crippen LogP contribution in [0.1, 0.15) is 43.6 Å². The van der Waals surface area contributed by atoms with E-state index in [1.165, 1.54) is 12.1 Å². The number of aromatic nitrogens is 4. The van der Waals surface area contributed by atoms with Crippen molar-refractivity contribution in [2.24, 2.45) is 5.41 Å². The summed E-state index contributed by atoms with van der Waals surface area (Å²) in [5.74, 6) is -0.0784. The van der Waals surface area contributed by atoms with Crippen molar-refractivity contribution < 1.29 is 27.4 Å². The Bertz CT molecular complexity index is 1520. The van der Waals surface area contributed by atoms with E-state index in [1.54, 1.807) is 55.0 Å². The van der Waals surface area contributed by atoms with Gasteiger partial charge in [-0.2, -0.15) is 8.78 Å². The molecule has 0 atom stereocenters. The van der Waals surface area contributed by atoms with Crippen molar-refractivity contribution in [1.82, 2.24) is 19.4 Å². The monoisotopic (exact) mass is 553 g/mol. The molecule has 4 heterocycles. The van der Waals surface area contributed by atoms with Crippen LogP contribution in [-0.4, -0.2) is 51.6 Å². The van der Waals surface area contributed by atoms with Crippen molar-refractivity contribution in [2.75, 3.05) is 24.6 Å². The highest BCUT2D eigenvalue weighted by molar-refractivity contribution is 5.76. The summed E-state index contributed by atoms with van der Waals surface area (Å²) in [5.41, 5.74) is 2.56. The van der Waals surface area contributed by atoms with E-state index in [0.29, 0.717) is 61.0 Å². The van der Waals surface area contributed by atoms with Crippen LogP contribution >= 0.6 is 0 Å². The van der Waals surface area contributed by atoms with E-state index in [2.05, 4.69) is 19.7 Å². The Morgan fingerprint density at radius 3 is 2.52 bits per heavy atom. The van der Waals surface area contributed by atoms with Gasteiger partial charge in [0.25, 0.3) is 0 Å². The molecule has 40 heavy (non-hydrogen) atoms. The maximum Gasteiger partial charge on any atom is 0.387 e. The number of carbonyl (C=O) groups is 1. The molecule has 1 saturated heterocycles. The second-order valence-corrected chi connectivity index (χ2v) is 10.1. The molecule has 1 aliphatic rings. The first kappa shape index (κ1) is 27.4. The number of alkyl halides is 2. The molecule has 0 bridgehead atoms. The van der Waals surface area contributed by atoms with Gasteiger partial charge in [-0.3, -0.25) is 4.79 Å². The fraction of sp³-hybridized carbons (Fsp3) is 0.379. The molecular formula is C29H30F3N5O3. The van der Waals surface area contributed by atoms with Gasteiger partial charge in [0.15, 0.2) is 0 Å². The van der Waals surface area contributed by atoms with Crippen molar-refractivity contribution in [3.05, 3.63) is 71.7 Å². The Kier molecular flexibility index (Phi) is 7.64. The van der Waals surface area contributed by atoms with E-state index in [4.69, 9.17) is 4.74 Å². The van der Waals surface area contributed by atoms with Gasteiger partial charge in [0.1, 0.15) is 17.2 Å². The van der Waals surface area contributed by atoms with Gasteiger partial charge >= 0.3 is 12.6 Å². The smallest absolute Gasteiger partial charge is 0.387 e. The Hall–Kier alpha value is -4.15. The third kappa shape index (κ3) is 5.45. The van der Waals surface area contributed by atoms with Crippen LogP contribution in [0.2, 0.25) is 0 Å². The summed E-state index contributed by atoms with van der Waals surface area (Å²) in [5, 5.41) is 0. The minimum Gasteiger partial charge on any atom is -0.466 e. The van der Waals surface area contributed by atoms with Crippen molar-refractivity contribution in [3.8, 4) is 16.9 Å². The number of carbonyl (C=O) groups excluding carboxylic acids is 1. The van der Waals surface area contributed by atoms with Crippen molar-refractivity contribution in [2.45, 2.75) is 46.6 Å². The highest BCUT2D eigenvalue weighted by Gasteiger charge is 2.38. The van der Waals surface area contributed by atoms with Crippen molar-refractivity contribution in [3.63, 3.8) is 0 Å². The lowest BCUT2D eigenvalue weighted by Gasteiger charge is -2.37. The number of benzene rings is 1. The Morgan fingerprint density at radius 2 is 1.85 bits per heavy atom. The molecule has 0 spiro atoms. The van der Waals surface area contributed by atoms with E-state index in [0.717, 1.165) is 5.69 Å². The minimum absolute atomic E-state index is 0.0819. The quantitative estimate of drug-likeness (QED) is 0.263. The number of aryl methyl sites for hydroxylation is 1. The van der Waals surface area contributed by atoms with Crippen LogP contribution in [0.15, 0.2) is 48.9 Å². The Morgan fingerprint density at radius 1 is 1.15 bits per heavy atom. The van der Waals surface area contributed by atoms with Gasteiger partial charge in [-0.1, -0.05) is 18.2 Å². The second kappa shape index (κ2) is 11.1. The highest BCUT2D eigenvalue weighted by atomic mass is 19.3. The molecular weight excluding hydrogens is 523 g/mol. The lowest BCUT2D eigenvalue weighted by molar-refractivity contribution is -0.155. The number of para-hydroxylation sites is 1. The number of nitrogens with zero attached hydrogens (tertiary/aromatic N) is 5. The number of imidazole rings is 1. The molecule has 4 aromatic rings. The maximum absolute atomic E-state index is 15.2. The molecule has 3 aromatic heterocycles. The first-order valence-corrected chi connectivity index (χ1v) is 13.1. The number of pyridine rings is 1. The topological polar surface area (TPSA) is 81.9 Å². The van der Waals surface area contributed by atoms with Crippen LogP contribution in [0.4, 0.5) is 19.1 Å². The lowest BCUT2D eigenvalue weighted by atomic mass is 9.80. The summed E-state index contributed by atoms with van der Waals surface area (Å²) in [6, 6.07) is 7.91. The van der Waals surface area contributed by atoms with E-state index < -0.39 is 17.8 Å². The Balaban J connectivity index is 1.39. The molecule has 210 valence electrons. The number of esters is 1. The largest absolute Gasteiger partial charge is 0.466 e. The molecule has 0 radical (unpaired) electrons. The molecule has 11 heteroatoms. The standard InChI is InChI=1S/C29H30F3N5O3/c1-4-39-26(38)29(3)9-11-36(12-10-29)28-33-15-20(16-34-28)21-17-37-23(18(2)35-25(37)14-22(21)30)13-19-7-5-6-8-24(19)40-27(31)32/h5-8,14-17,27H,4,9-13H2,1-3H3. The summed E-state index contributed by atoms with van der Waals surface area (Å²) in [6.07, 6.45) is 6.27. The van der Waals surface area contributed by atoms with E-state index in [-0.39, 0.29) is 23.7 Å². The van der Waals surface area contributed by atoms with Crippen LogP contribution in [-0.2, 0) is 16.0 Å². The second-order valence-electron chi connectivity index (χ2n) is 10.1. The molecule has 5 rings (SSSR count). The van der Waals surface area contributed by atoms with Gasteiger partial charge in [0.05, 0.1) is 17.7 Å². The molecule has 1 fully saturated rings. The normalized spacial score (nSPS) is 15.0. The number of piperidine rings is 1. The zero-order chi connectivity index (χ0) is 28.4. The first-order valence-electron chi connectivity index (χ1n) is 13.1. The van der Waals surface area contributed by atoms with Crippen LogP contribution in [0.3, 0.4) is 0 Å². The fourth-order valence-corrected chi connectivity index (χ4v) is 5.03. The summed E-state index contributed by atoms with van der Waals surface area (Å²) in [7, 11) is 0. The first-order chi connectivity index (χ1) is 19.2. The van der Waals surface area contributed by atoms with Crippen LogP contribution < -0.4 is 9.64 Å². The Labute approximate surface area is 229 Å². The van der Waals surface area contributed by atoms with Gasteiger partial charge in [-0.25, -0.2) is 19.3 Å². The SMILES string of the molecule is CCOC(=O)C1(C)CCN(c2ncc(-c3cn4c(Cc5ccccc5OC(F)F)c(C)nc4cc3F)cn2)CC1. The summed E-state index contributed by atoms with van der Waals surface area (Å²) < 4.78 is 52.7. The van der Waals surface area contributed by atoms with Crippen LogP contribution in [0.25, 0.3) is 16.8 Å². The number of ether oxygens (including phenoxy) is 2. The number of fused-ring (bicyclic) bond motifs is 1. The zero-order valence-electron chi connectivity index (χ0n) is 22.5. The number of hydrogen-bond acceptors (Lipinski definition) is 7. The van der Waals surface area contributed by atoms with E-state index in [1.807, 2.05) is 11.8 Å².